The van der Waals surface area contributed by atoms with Crippen LogP contribution in [0.1, 0.15) is 25.7 Å². The lowest BCUT2D eigenvalue weighted by Gasteiger charge is -2.41. The van der Waals surface area contributed by atoms with Crippen LogP contribution in [0, 0.1) is 0 Å². The predicted molar refractivity (Wildman–Crippen MR) is 80.2 cm³/mol. The summed E-state index contributed by atoms with van der Waals surface area (Å²) in [6.45, 7) is 2.14. The minimum Gasteiger partial charge on any atom is -0.382 e. The lowest BCUT2D eigenvalue weighted by atomic mass is 9.90. The van der Waals surface area contributed by atoms with Crippen LogP contribution in [0.3, 0.4) is 0 Å². The molecule has 1 aliphatic carbocycles. The van der Waals surface area contributed by atoms with Crippen molar-refractivity contribution in [2.24, 2.45) is 5.73 Å². The largest absolute Gasteiger partial charge is 0.382 e. The van der Waals surface area contributed by atoms with Gasteiger partial charge in [-0.1, -0.05) is 15.9 Å². The van der Waals surface area contributed by atoms with Gasteiger partial charge in [0, 0.05) is 29.6 Å². The summed E-state index contributed by atoms with van der Waals surface area (Å²) in [7, 11) is 0. The normalized spacial score (nSPS) is 27.6. The van der Waals surface area contributed by atoms with Gasteiger partial charge in [0.15, 0.2) is 0 Å². The first-order valence-electron chi connectivity index (χ1n) is 6.79. The Morgan fingerprint density at radius 3 is 2.78 bits per heavy atom. The van der Waals surface area contributed by atoms with Gasteiger partial charge in [-0.15, -0.1) is 0 Å². The standard InChI is InChI=1S/C14H20BrN3/c15-10-1-6-13-14(9-10)18(8-7-17-13)12-4-2-11(16)3-5-12/h1,6,9,11-12,17H,2-5,7-8,16H2. The summed E-state index contributed by atoms with van der Waals surface area (Å²) >= 11 is 3.58. The van der Waals surface area contributed by atoms with Crippen LogP contribution in [0.4, 0.5) is 11.4 Å². The highest BCUT2D eigenvalue weighted by molar-refractivity contribution is 9.10. The molecular formula is C14H20BrN3. The van der Waals surface area contributed by atoms with E-state index >= 15 is 0 Å². The van der Waals surface area contributed by atoms with Crippen LogP contribution in [-0.4, -0.2) is 25.2 Å². The van der Waals surface area contributed by atoms with Gasteiger partial charge >= 0.3 is 0 Å². The summed E-state index contributed by atoms with van der Waals surface area (Å²) in [4.78, 5) is 2.57. The summed E-state index contributed by atoms with van der Waals surface area (Å²) in [6, 6.07) is 7.59. The summed E-state index contributed by atoms with van der Waals surface area (Å²) in [6.07, 6.45) is 4.79. The molecule has 1 aromatic carbocycles. The van der Waals surface area contributed by atoms with E-state index in [2.05, 4.69) is 44.3 Å². The van der Waals surface area contributed by atoms with Gasteiger partial charge in [0.2, 0.25) is 0 Å². The Bertz CT molecular complexity index is 427. The maximum absolute atomic E-state index is 6.01. The van der Waals surface area contributed by atoms with E-state index in [4.69, 9.17) is 5.73 Å². The van der Waals surface area contributed by atoms with Crippen molar-refractivity contribution in [2.75, 3.05) is 23.3 Å². The lowest BCUT2D eigenvalue weighted by Crippen LogP contribution is -2.45. The monoisotopic (exact) mass is 309 g/mol. The highest BCUT2D eigenvalue weighted by atomic mass is 79.9. The molecule has 1 aliphatic heterocycles. The predicted octanol–water partition coefficient (Wildman–Crippen LogP) is 2.95. The summed E-state index contributed by atoms with van der Waals surface area (Å²) in [5.74, 6) is 0. The first-order chi connectivity index (χ1) is 8.74. The molecule has 1 saturated carbocycles. The number of halogens is 1. The van der Waals surface area contributed by atoms with Crippen LogP contribution in [0.25, 0.3) is 0 Å². The Hall–Kier alpha value is -0.740. The summed E-state index contributed by atoms with van der Waals surface area (Å²) < 4.78 is 1.16. The van der Waals surface area contributed by atoms with Gasteiger partial charge in [0.25, 0.3) is 0 Å². The van der Waals surface area contributed by atoms with Crippen molar-refractivity contribution in [1.29, 1.82) is 0 Å². The first kappa shape index (κ1) is 12.3. The molecule has 0 spiro atoms. The zero-order chi connectivity index (χ0) is 12.5. The van der Waals surface area contributed by atoms with Crippen molar-refractivity contribution in [3.05, 3.63) is 22.7 Å². The fourth-order valence-corrected chi connectivity index (χ4v) is 3.46. The number of fused-ring (bicyclic) bond motifs is 1. The Morgan fingerprint density at radius 1 is 1.22 bits per heavy atom. The Morgan fingerprint density at radius 2 is 2.00 bits per heavy atom. The number of anilines is 2. The third-order valence-corrected chi connectivity index (χ3v) is 4.61. The second-order valence-corrected chi connectivity index (χ2v) is 6.27. The molecule has 0 unspecified atom stereocenters. The lowest BCUT2D eigenvalue weighted by molar-refractivity contribution is 0.376. The molecule has 3 nitrogen and oxygen atoms in total. The van der Waals surface area contributed by atoms with E-state index in [9.17, 15) is 0 Å². The number of nitrogens with one attached hydrogen (secondary N) is 1. The highest BCUT2D eigenvalue weighted by Gasteiger charge is 2.27. The van der Waals surface area contributed by atoms with Gasteiger partial charge in [-0.05, 0) is 43.9 Å². The fourth-order valence-electron chi connectivity index (χ4n) is 3.12. The first-order valence-corrected chi connectivity index (χ1v) is 7.59. The number of nitrogens with two attached hydrogens (primary N) is 1. The maximum Gasteiger partial charge on any atom is 0.0616 e. The van der Waals surface area contributed by atoms with Gasteiger partial charge in [-0.2, -0.15) is 0 Å². The molecule has 0 amide bonds. The molecule has 4 heteroatoms. The molecule has 0 radical (unpaired) electrons. The molecule has 2 aliphatic rings. The van der Waals surface area contributed by atoms with Crippen molar-refractivity contribution in [1.82, 2.24) is 0 Å². The van der Waals surface area contributed by atoms with Gasteiger partial charge in [-0.25, -0.2) is 0 Å². The molecule has 98 valence electrons. The van der Waals surface area contributed by atoms with Gasteiger partial charge in [0.05, 0.1) is 11.4 Å². The Kier molecular flexibility index (Phi) is 3.48. The smallest absolute Gasteiger partial charge is 0.0616 e. The van der Waals surface area contributed by atoms with Crippen LogP contribution < -0.4 is 16.0 Å². The van der Waals surface area contributed by atoms with E-state index < -0.39 is 0 Å². The zero-order valence-corrected chi connectivity index (χ0v) is 12.1. The number of rotatable bonds is 1. The topological polar surface area (TPSA) is 41.3 Å². The third-order valence-electron chi connectivity index (χ3n) is 4.12. The number of hydrogen-bond donors (Lipinski definition) is 2. The SMILES string of the molecule is NC1CCC(N2CCNc3ccc(Br)cc32)CC1. The van der Waals surface area contributed by atoms with E-state index in [1.807, 2.05) is 0 Å². The third kappa shape index (κ3) is 2.36. The molecule has 1 fully saturated rings. The summed E-state index contributed by atoms with van der Waals surface area (Å²) in [5.41, 5.74) is 8.61. The molecule has 1 heterocycles. The van der Waals surface area contributed by atoms with Crippen LogP contribution in [0.2, 0.25) is 0 Å². The summed E-state index contributed by atoms with van der Waals surface area (Å²) in [5, 5.41) is 3.48. The molecule has 0 aromatic heterocycles. The van der Waals surface area contributed by atoms with Crippen molar-refractivity contribution in [3.63, 3.8) is 0 Å². The van der Waals surface area contributed by atoms with Gasteiger partial charge in [-0.3, -0.25) is 0 Å². The van der Waals surface area contributed by atoms with Gasteiger partial charge in [0.1, 0.15) is 0 Å². The molecule has 18 heavy (non-hydrogen) atoms. The van der Waals surface area contributed by atoms with Crippen molar-refractivity contribution >= 4 is 27.3 Å². The molecule has 0 bridgehead atoms. The second kappa shape index (κ2) is 5.10. The molecule has 3 N–H and O–H groups in total. The Balaban J connectivity index is 1.84. The van der Waals surface area contributed by atoms with E-state index in [-0.39, 0.29) is 0 Å². The molecule has 0 saturated heterocycles. The van der Waals surface area contributed by atoms with Crippen molar-refractivity contribution < 1.29 is 0 Å². The van der Waals surface area contributed by atoms with E-state index in [0.717, 1.165) is 30.4 Å². The van der Waals surface area contributed by atoms with Crippen molar-refractivity contribution in [3.8, 4) is 0 Å². The van der Waals surface area contributed by atoms with E-state index in [0.29, 0.717) is 12.1 Å². The number of benzene rings is 1. The fraction of sp³-hybridized carbons (Fsp3) is 0.571. The molecule has 3 rings (SSSR count). The van der Waals surface area contributed by atoms with Crippen LogP contribution in [0.15, 0.2) is 22.7 Å². The number of nitrogens with zero attached hydrogens (tertiary/aromatic N) is 1. The highest BCUT2D eigenvalue weighted by Crippen LogP contribution is 2.36. The van der Waals surface area contributed by atoms with Crippen LogP contribution in [0.5, 0.6) is 0 Å². The van der Waals surface area contributed by atoms with Gasteiger partial charge < -0.3 is 16.0 Å². The molecular weight excluding hydrogens is 290 g/mol. The zero-order valence-electron chi connectivity index (χ0n) is 10.5. The molecule has 1 aromatic rings. The quantitative estimate of drug-likeness (QED) is 0.838. The average molecular weight is 310 g/mol. The Labute approximate surface area is 117 Å². The average Bonchev–Trinajstić information content (AvgIpc) is 2.39. The van der Waals surface area contributed by atoms with Crippen LogP contribution >= 0.6 is 15.9 Å². The number of hydrogen-bond acceptors (Lipinski definition) is 3. The van der Waals surface area contributed by atoms with E-state index in [1.54, 1.807) is 0 Å². The maximum atomic E-state index is 6.01. The van der Waals surface area contributed by atoms with Crippen molar-refractivity contribution in [2.45, 2.75) is 37.8 Å². The van der Waals surface area contributed by atoms with E-state index in [1.165, 1.54) is 24.2 Å². The van der Waals surface area contributed by atoms with Crippen LogP contribution in [-0.2, 0) is 0 Å². The minimum absolute atomic E-state index is 0.422. The molecule has 0 atom stereocenters. The minimum atomic E-state index is 0.422. The second-order valence-electron chi connectivity index (χ2n) is 5.35.